The van der Waals surface area contributed by atoms with E-state index >= 15 is 0 Å². The van der Waals surface area contributed by atoms with Crippen molar-refractivity contribution in [3.05, 3.63) is 72.1 Å². The molecule has 0 amide bonds. The summed E-state index contributed by atoms with van der Waals surface area (Å²) in [6.45, 7) is 2.07. The van der Waals surface area contributed by atoms with Crippen LogP contribution in [-0.4, -0.2) is 20.1 Å². The standard InChI is InChI=1S/C17H18N4O/c1-13(18-15-7-5-6-14(10-15)12-22)17-11-21(20-19-17)16-8-3-2-4-9-16/h2-11,13,18,22H,12H2,1H3/t13-/m0/s1. The lowest BCUT2D eigenvalue weighted by atomic mass is 10.2. The lowest BCUT2D eigenvalue weighted by Crippen LogP contribution is -2.07. The molecule has 112 valence electrons. The Hall–Kier alpha value is -2.66. The number of aromatic nitrogens is 3. The first-order valence-electron chi connectivity index (χ1n) is 7.20. The van der Waals surface area contributed by atoms with Gasteiger partial charge in [0.15, 0.2) is 0 Å². The zero-order valence-corrected chi connectivity index (χ0v) is 12.3. The van der Waals surface area contributed by atoms with Crippen LogP contribution in [0.25, 0.3) is 5.69 Å². The number of nitrogens with zero attached hydrogens (tertiary/aromatic N) is 3. The molecular weight excluding hydrogens is 276 g/mol. The second kappa shape index (κ2) is 6.41. The largest absolute Gasteiger partial charge is 0.392 e. The van der Waals surface area contributed by atoms with Gasteiger partial charge in [0.1, 0.15) is 5.69 Å². The molecule has 0 unspecified atom stereocenters. The third kappa shape index (κ3) is 3.15. The first-order valence-corrected chi connectivity index (χ1v) is 7.20. The summed E-state index contributed by atoms with van der Waals surface area (Å²) in [6.07, 6.45) is 1.92. The van der Waals surface area contributed by atoms with Crippen LogP contribution in [0, 0.1) is 0 Å². The molecule has 0 fully saturated rings. The molecule has 22 heavy (non-hydrogen) atoms. The van der Waals surface area contributed by atoms with E-state index in [1.807, 2.05) is 67.7 Å². The van der Waals surface area contributed by atoms with Gasteiger partial charge in [-0.2, -0.15) is 0 Å². The Morgan fingerprint density at radius 2 is 1.95 bits per heavy atom. The number of benzene rings is 2. The minimum Gasteiger partial charge on any atom is -0.392 e. The number of rotatable bonds is 5. The second-order valence-corrected chi connectivity index (χ2v) is 5.15. The van der Waals surface area contributed by atoms with Gasteiger partial charge in [0, 0.05) is 5.69 Å². The fourth-order valence-corrected chi connectivity index (χ4v) is 2.27. The maximum absolute atomic E-state index is 9.19. The van der Waals surface area contributed by atoms with E-state index in [-0.39, 0.29) is 12.6 Å². The zero-order valence-electron chi connectivity index (χ0n) is 12.3. The molecule has 0 saturated carbocycles. The van der Waals surface area contributed by atoms with Crippen LogP contribution in [0.15, 0.2) is 60.8 Å². The maximum Gasteiger partial charge on any atom is 0.105 e. The second-order valence-electron chi connectivity index (χ2n) is 5.15. The highest BCUT2D eigenvalue weighted by Crippen LogP contribution is 2.19. The Morgan fingerprint density at radius 1 is 1.14 bits per heavy atom. The summed E-state index contributed by atoms with van der Waals surface area (Å²) < 4.78 is 1.76. The topological polar surface area (TPSA) is 63.0 Å². The first-order chi connectivity index (χ1) is 10.8. The normalized spacial score (nSPS) is 12.1. The van der Waals surface area contributed by atoms with E-state index in [9.17, 15) is 5.11 Å². The number of aliphatic hydroxyl groups excluding tert-OH is 1. The quantitative estimate of drug-likeness (QED) is 0.759. The molecule has 1 atom stereocenters. The number of hydrogen-bond donors (Lipinski definition) is 2. The average Bonchev–Trinajstić information content (AvgIpc) is 3.06. The van der Waals surface area contributed by atoms with Crippen molar-refractivity contribution < 1.29 is 5.11 Å². The molecular formula is C17H18N4O. The molecule has 3 aromatic rings. The third-order valence-electron chi connectivity index (χ3n) is 3.47. The summed E-state index contributed by atoms with van der Waals surface area (Å²) in [6, 6.07) is 17.6. The predicted octanol–water partition coefficient (Wildman–Crippen LogP) is 2.93. The van der Waals surface area contributed by atoms with Crippen LogP contribution in [-0.2, 0) is 6.61 Å². The van der Waals surface area contributed by atoms with E-state index in [4.69, 9.17) is 0 Å². The summed E-state index contributed by atoms with van der Waals surface area (Å²) >= 11 is 0. The molecule has 0 aliphatic rings. The molecule has 0 saturated heterocycles. The number of hydrogen-bond acceptors (Lipinski definition) is 4. The van der Waals surface area contributed by atoms with Crippen LogP contribution in [0.3, 0.4) is 0 Å². The molecule has 2 N–H and O–H groups in total. The molecule has 2 aromatic carbocycles. The molecule has 3 rings (SSSR count). The van der Waals surface area contributed by atoms with E-state index in [0.29, 0.717) is 0 Å². The van der Waals surface area contributed by atoms with Crippen LogP contribution in [0.1, 0.15) is 24.2 Å². The average molecular weight is 294 g/mol. The summed E-state index contributed by atoms with van der Waals surface area (Å²) in [5, 5.41) is 21.0. The Balaban J connectivity index is 1.75. The van der Waals surface area contributed by atoms with E-state index in [0.717, 1.165) is 22.6 Å². The van der Waals surface area contributed by atoms with Crippen LogP contribution in [0.4, 0.5) is 5.69 Å². The van der Waals surface area contributed by atoms with Gasteiger partial charge in [-0.3, -0.25) is 0 Å². The van der Waals surface area contributed by atoms with Gasteiger partial charge in [0.25, 0.3) is 0 Å². The third-order valence-corrected chi connectivity index (χ3v) is 3.47. The fraction of sp³-hybridized carbons (Fsp3) is 0.176. The molecule has 5 nitrogen and oxygen atoms in total. The first kappa shape index (κ1) is 14.3. The van der Waals surface area contributed by atoms with Gasteiger partial charge in [-0.05, 0) is 36.8 Å². The van der Waals surface area contributed by atoms with Crippen molar-refractivity contribution in [1.82, 2.24) is 15.0 Å². The van der Waals surface area contributed by atoms with Crippen LogP contribution in [0.2, 0.25) is 0 Å². The molecule has 0 bridgehead atoms. The molecule has 0 aliphatic heterocycles. The Kier molecular flexibility index (Phi) is 4.16. The van der Waals surface area contributed by atoms with Gasteiger partial charge in [-0.25, -0.2) is 4.68 Å². The lowest BCUT2D eigenvalue weighted by Gasteiger charge is -2.13. The van der Waals surface area contributed by atoms with Gasteiger partial charge < -0.3 is 10.4 Å². The van der Waals surface area contributed by atoms with Gasteiger partial charge >= 0.3 is 0 Å². The minimum atomic E-state index is 0.0198. The Bertz CT molecular complexity index is 739. The summed E-state index contributed by atoms with van der Waals surface area (Å²) in [7, 11) is 0. The van der Waals surface area contributed by atoms with Crippen molar-refractivity contribution >= 4 is 5.69 Å². The zero-order chi connectivity index (χ0) is 15.4. The molecule has 0 radical (unpaired) electrons. The summed E-state index contributed by atoms with van der Waals surface area (Å²) in [5.74, 6) is 0. The summed E-state index contributed by atoms with van der Waals surface area (Å²) in [5.41, 5.74) is 3.67. The lowest BCUT2D eigenvalue weighted by molar-refractivity contribution is 0.282. The molecule has 5 heteroatoms. The Labute approximate surface area is 129 Å². The molecule has 0 spiro atoms. The number of nitrogens with one attached hydrogen (secondary N) is 1. The number of anilines is 1. The highest BCUT2D eigenvalue weighted by atomic mass is 16.3. The summed E-state index contributed by atoms with van der Waals surface area (Å²) in [4.78, 5) is 0. The van der Waals surface area contributed by atoms with Crippen molar-refractivity contribution in [2.45, 2.75) is 19.6 Å². The fourth-order valence-electron chi connectivity index (χ4n) is 2.27. The SMILES string of the molecule is C[C@H](Nc1cccc(CO)c1)c1cn(-c2ccccc2)nn1. The van der Waals surface area contributed by atoms with Crippen LogP contribution >= 0.6 is 0 Å². The highest BCUT2D eigenvalue weighted by Gasteiger charge is 2.11. The van der Waals surface area contributed by atoms with E-state index < -0.39 is 0 Å². The van der Waals surface area contributed by atoms with Crippen molar-refractivity contribution in [3.63, 3.8) is 0 Å². The van der Waals surface area contributed by atoms with Gasteiger partial charge in [0.2, 0.25) is 0 Å². The van der Waals surface area contributed by atoms with E-state index in [1.54, 1.807) is 4.68 Å². The van der Waals surface area contributed by atoms with Crippen LogP contribution < -0.4 is 5.32 Å². The smallest absolute Gasteiger partial charge is 0.105 e. The minimum absolute atomic E-state index is 0.0198. The van der Waals surface area contributed by atoms with Gasteiger partial charge in [-0.1, -0.05) is 35.5 Å². The van der Waals surface area contributed by atoms with Gasteiger partial charge in [-0.15, -0.1) is 5.10 Å². The van der Waals surface area contributed by atoms with E-state index in [2.05, 4.69) is 15.6 Å². The Morgan fingerprint density at radius 3 is 2.73 bits per heavy atom. The molecule has 1 aromatic heterocycles. The maximum atomic E-state index is 9.19. The van der Waals surface area contributed by atoms with E-state index in [1.165, 1.54) is 0 Å². The molecule has 0 aliphatic carbocycles. The van der Waals surface area contributed by atoms with Crippen molar-refractivity contribution in [1.29, 1.82) is 0 Å². The monoisotopic (exact) mass is 294 g/mol. The predicted molar refractivity (Wildman–Crippen MR) is 85.8 cm³/mol. The number of aliphatic hydroxyl groups is 1. The highest BCUT2D eigenvalue weighted by molar-refractivity contribution is 5.47. The van der Waals surface area contributed by atoms with Crippen molar-refractivity contribution in [2.75, 3.05) is 5.32 Å². The van der Waals surface area contributed by atoms with Crippen molar-refractivity contribution in [3.8, 4) is 5.69 Å². The molecule has 1 heterocycles. The van der Waals surface area contributed by atoms with Crippen molar-refractivity contribution in [2.24, 2.45) is 0 Å². The van der Waals surface area contributed by atoms with Gasteiger partial charge in [0.05, 0.1) is 24.5 Å². The van der Waals surface area contributed by atoms with Crippen LogP contribution in [0.5, 0.6) is 0 Å². The number of para-hydroxylation sites is 1.